The van der Waals surface area contributed by atoms with E-state index in [2.05, 4.69) is 20.7 Å². The Morgan fingerprint density at radius 3 is 2.81 bits per heavy atom. The lowest BCUT2D eigenvalue weighted by Crippen LogP contribution is -2.16. The molecule has 0 spiro atoms. The zero-order valence-electron chi connectivity index (χ0n) is 11.7. The van der Waals surface area contributed by atoms with Crippen molar-refractivity contribution in [1.29, 1.82) is 0 Å². The first-order valence-electron chi connectivity index (χ1n) is 7.38. The molecule has 0 radical (unpaired) electrons. The molecule has 4 nitrogen and oxygen atoms in total. The van der Waals surface area contributed by atoms with Crippen molar-refractivity contribution in [1.82, 2.24) is 14.5 Å². The molecule has 0 unspecified atom stereocenters. The van der Waals surface area contributed by atoms with Gasteiger partial charge < -0.3 is 9.47 Å². The van der Waals surface area contributed by atoms with Crippen LogP contribution < -0.4 is 5.56 Å². The number of aromatic nitrogens is 2. The molecule has 2 aliphatic rings. The molecule has 2 aromatic rings. The normalized spacial score (nSPS) is 19.7. The fourth-order valence-corrected chi connectivity index (χ4v) is 3.56. The number of likely N-dealkylation sites (tertiary alicyclic amines) is 1. The van der Waals surface area contributed by atoms with E-state index in [9.17, 15) is 4.79 Å². The first-order chi connectivity index (χ1) is 10.2. The van der Waals surface area contributed by atoms with Gasteiger partial charge in [0, 0.05) is 31.4 Å². The molecule has 108 valence electrons. The summed E-state index contributed by atoms with van der Waals surface area (Å²) in [4.78, 5) is 18.9. The van der Waals surface area contributed by atoms with Crippen molar-refractivity contribution in [2.75, 3.05) is 13.1 Å². The summed E-state index contributed by atoms with van der Waals surface area (Å²) in [5, 5.41) is 1.02. The zero-order chi connectivity index (χ0) is 14.4. The molecule has 0 saturated carbocycles. The minimum atomic E-state index is -0.226. The van der Waals surface area contributed by atoms with Gasteiger partial charge in [-0.05, 0) is 31.4 Å². The van der Waals surface area contributed by atoms with E-state index in [1.54, 1.807) is 6.07 Å². The standard InChI is InChI=1S/C16H16ClN3O/c17-12-4-3-5-13-14(12)16(21)18-15-11(6-9-20(13)15)10-19-7-1-2-8-19/h3-5,10H,1-2,6-9H2/b11-10+. The number of aryl methyl sites for hydroxylation is 1. The molecule has 3 heterocycles. The van der Waals surface area contributed by atoms with Gasteiger partial charge in [0.1, 0.15) is 5.82 Å². The number of hydrogen-bond acceptors (Lipinski definition) is 3. The summed E-state index contributed by atoms with van der Waals surface area (Å²) in [6.45, 7) is 3.07. The highest BCUT2D eigenvalue weighted by atomic mass is 35.5. The predicted molar refractivity (Wildman–Crippen MR) is 84.4 cm³/mol. The monoisotopic (exact) mass is 301 g/mol. The highest BCUT2D eigenvalue weighted by molar-refractivity contribution is 6.35. The van der Waals surface area contributed by atoms with Crippen LogP contribution >= 0.6 is 11.6 Å². The summed E-state index contributed by atoms with van der Waals surface area (Å²) < 4.78 is 2.12. The van der Waals surface area contributed by atoms with Gasteiger partial charge in [-0.1, -0.05) is 17.7 Å². The van der Waals surface area contributed by atoms with E-state index >= 15 is 0 Å². The van der Waals surface area contributed by atoms with Gasteiger partial charge >= 0.3 is 0 Å². The lowest BCUT2D eigenvalue weighted by atomic mass is 10.2. The van der Waals surface area contributed by atoms with Crippen LogP contribution in [0.3, 0.4) is 0 Å². The second-order valence-electron chi connectivity index (χ2n) is 5.67. The Morgan fingerprint density at radius 2 is 2.00 bits per heavy atom. The van der Waals surface area contributed by atoms with E-state index in [4.69, 9.17) is 11.6 Å². The van der Waals surface area contributed by atoms with Crippen molar-refractivity contribution in [3.63, 3.8) is 0 Å². The fourth-order valence-electron chi connectivity index (χ4n) is 3.30. The summed E-state index contributed by atoms with van der Waals surface area (Å²) in [5.74, 6) is 0.807. The molecular weight excluding hydrogens is 286 g/mol. The number of allylic oxidation sites excluding steroid dienone is 1. The van der Waals surface area contributed by atoms with Crippen LogP contribution in [-0.2, 0) is 6.54 Å². The second-order valence-corrected chi connectivity index (χ2v) is 6.08. The summed E-state index contributed by atoms with van der Waals surface area (Å²) in [6, 6.07) is 5.59. The molecule has 0 amide bonds. The van der Waals surface area contributed by atoms with Gasteiger partial charge in [-0.2, -0.15) is 4.98 Å². The van der Waals surface area contributed by atoms with Gasteiger partial charge in [-0.25, -0.2) is 0 Å². The van der Waals surface area contributed by atoms with E-state index in [1.807, 2.05) is 12.1 Å². The SMILES string of the molecule is O=c1nc2n(c3cccc(Cl)c13)CC/C2=C\N1CCCC1. The Balaban J connectivity index is 1.90. The minimum absolute atomic E-state index is 0.226. The van der Waals surface area contributed by atoms with Gasteiger partial charge in [0.05, 0.1) is 15.9 Å². The quantitative estimate of drug-likeness (QED) is 0.813. The van der Waals surface area contributed by atoms with Gasteiger partial charge in [0.25, 0.3) is 5.56 Å². The molecule has 0 atom stereocenters. The van der Waals surface area contributed by atoms with Crippen LogP contribution in [0.4, 0.5) is 0 Å². The van der Waals surface area contributed by atoms with E-state index in [1.165, 1.54) is 12.8 Å². The highest BCUT2D eigenvalue weighted by Gasteiger charge is 2.22. The number of fused-ring (bicyclic) bond motifs is 3. The van der Waals surface area contributed by atoms with Crippen LogP contribution in [0.25, 0.3) is 16.5 Å². The Bertz CT molecular complexity index is 803. The number of halogens is 1. The summed E-state index contributed by atoms with van der Waals surface area (Å²) in [6.07, 6.45) is 5.61. The molecule has 0 aliphatic carbocycles. The predicted octanol–water partition coefficient (Wildman–Crippen LogP) is 2.89. The summed E-state index contributed by atoms with van der Waals surface area (Å²) in [7, 11) is 0. The number of nitrogens with zero attached hydrogens (tertiary/aromatic N) is 3. The molecule has 5 heteroatoms. The molecule has 1 fully saturated rings. The molecule has 1 saturated heterocycles. The third-order valence-corrected chi connectivity index (χ3v) is 4.65. The third kappa shape index (κ3) is 2.05. The van der Waals surface area contributed by atoms with Crippen molar-refractivity contribution >= 4 is 28.1 Å². The van der Waals surface area contributed by atoms with Crippen LogP contribution in [-0.4, -0.2) is 27.5 Å². The first-order valence-corrected chi connectivity index (χ1v) is 7.76. The molecule has 21 heavy (non-hydrogen) atoms. The van der Waals surface area contributed by atoms with Crippen molar-refractivity contribution in [2.45, 2.75) is 25.8 Å². The average Bonchev–Trinajstić information content (AvgIpc) is 3.10. The van der Waals surface area contributed by atoms with Crippen molar-refractivity contribution in [3.8, 4) is 0 Å². The fraction of sp³-hybridized carbons (Fsp3) is 0.375. The molecule has 4 rings (SSSR count). The number of rotatable bonds is 1. The Kier molecular flexibility index (Phi) is 3.00. The van der Waals surface area contributed by atoms with Crippen molar-refractivity contribution in [3.05, 3.63) is 45.6 Å². The molecule has 1 aromatic carbocycles. The lowest BCUT2D eigenvalue weighted by Gasteiger charge is -2.13. The summed E-state index contributed by atoms with van der Waals surface area (Å²) >= 11 is 6.16. The average molecular weight is 302 g/mol. The maximum atomic E-state index is 12.3. The highest BCUT2D eigenvalue weighted by Crippen LogP contribution is 2.30. The van der Waals surface area contributed by atoms with Crippen LogP contribution in [0.15, 0.2) is 29.2 Å². The van der Waals surface area contributed by atoms with E-state index in [-0.39, 0.29) is 5.56 Å². The maximum absolute atomic E-state index is 12.3. The molecule has 0 bridgehead atoms. The number of hydrogen-bond donors (Lipinski definition) is 0. The van der Waals surface area contributed by atoms with E-state index < -0.39 is 0 Å². The lowest BCUT2D eigenvalue weighted by molar-refractivity contribution is 0.468. The Hall–Kier alpha value is -1.81. The third-order valence-electron chi connectivity index (χ3n) is 4.33. The van der Waals surface area contributed by atoms with Crippen molar-refractivity contribution in [2.24, 2.45) is 0 Å². The Labute approximate surface area is 127 Å². The molecule has 2 aliphatic heterocycles. The molecular formula is C16H16ClN3O. The minimum Gasteiger partial charge on any atom is -0.377 e. The van der Waals surface area contributed by atoms with E-state index in [0.717, 1.165) is 43.0 Å². The van der Waals surface area contributed by atoms with Crippen LogP contribution in [0.5, 0.6) is 0 Å². The topological polar surface area (TPSA) is 38.1 Å². The van der Waals surface area contributed by atoms with Gasteiger partial charge in [0.15, 0.2) is 0 Å². The molecule has 1 aromatic heterocycles. The van der Waals surface area contributed by atoms with Crippen LogP contribution in [0.2, 0.25) is 5.02 Å². The zero-order valence-corrected chi connectivity index (χ0v) is 12.4. The largest absolute Gasteiger partial charge is 0.377 e. The second kappa shape index (κ2) is 4.88. The van der Waals surface area contributed by atoms with E-state index in [0.29, 0.717) is 10.4 Å². The van der Waals surface area contributed by atoms with Crippen LogP contribution in [0.1, 0.15) is 25.1 Å². The first kappa shape index (κ1) is 12.9. The molecule has 0 N–H and O–H groups in total. The van der Waals surface area contributed by atoms with Gasteiger partial charge in [-0.3, -0.25) is 4.79 Å². The Morgan fingerprint density at radius 1 is 1.19 bits per heavy atom. The van der Waals surface area contributed by atoms with Crippen molar-refractivity contribution < 1.29 is 0 Å². The van der Waals surface area contributed by atoms with Gasteiger partial charge in [-0.15, -0.1) is 0 Å². The maximum Gasteiger partial charge on any atom is 0.282 e. The smallest absolute Gasteiger partial charge is 0.282 e. The number of benzene rings is 1. The van der Waals surface area contributed by atoms with Gasteiger partial charge in [0.2, 0.25) is 0 Å². The van der Waals surface area contributed by atoms with Crippen LogP contribution in [0, 0.1) is 0 Å². The summed E-state index contributed by atoms with van der Waals surface area (Å²) in [5.41, 5.74) is 1.83.